The largest absolute Gasteiger partial charge is 0.507 e. The number of benzene rings is 1. The Hall–Kier alpha value is -1.48. The molecule has 3 heteroatoms. The summed E-state index contributed by atoms with van der Waals surface area (Å²) < 4.78 is 2.14. The Bertz CT molecular complexity index is 488. The maximum absolute atomic E-state index is 9.75. The van der Waals surface area contributed by atoms with Crippen LogP contribution in [0.4, 0.5) is 0 Å². The van der Waals surface area contributed by atoms with Crippen molar-refractivity contribution in [3.63, 3.8) is 0 Å². The molecule has 2 rings (SSSR count). The van der Waals surface area contributed by atoms with Crippen molar-refractivity contribution in [2.24, 2.45) is 12.8 Å². The molecule has 3 nitrogen and oxygen atoms in total. The molecule has 3 N–H and O–H groups in total. The number of phenolic OH excluding ortho intramolecular Hbond substituents is 1. The molecule has 0 aliphatic rings. The van der Waals surface area contributed by atoms with E-state index in [4.69, 9.17) is 5.73 Å². The highest BCUT2D eigenvalue weighted by Gasteiger charge is 2.07. The van der Waals surface area contributed by atoms with Crippen molar-refractivity contribution in [2.45, 2.75) is 19.3 Å². The van der Waals surface area contributed by atoms with E-state index in [1.807, 2.05) is 19.2 Å². The van der Waals surface area contributed by atoms with E-state index in [-0.39, 0.29) is 0 Å². The van der Waals surface area contributed by atoms with E-state index in [1.54, 1.807) is 6.07 Å². The predicted octanol–water partition coefficient (Wildman–Crippen LogP) is 2.17. The number of rotatable bonds is 4. The van der Waals surface area contributed by atoms with Crippen LogP contribution in [0.1, 0.15) is 18.5 Å². The number of nitrogens with zero attached hydrogens (tertiary/aromatic N) is 1. The third kappa shape index (κ3) is 1.91. The first-order valence-corrected chi connectivity index (χ1v) is 5.70. The van der Waals surface area contributed by atoms with Crippen LogP contribution in [-0.4, -0.2) is 16.2 Å². The van der Waals surface area contributed by atoms with Crippen molar-refractivity contribution in [2.75, 3.05) is 6.54 Å². The standard InChI is InChI=1S/C13H18N2O/c1-15-10(5-2-3-8-14)9-11-12(15)6-4-7-13(11)16/h4,6-7,9,16H,2-3,5,8,14H2,1H3. The first-order valence-electron chi connectivity index (χ1n) is 5.70. The van der Waals surface area contributed by atoms with Gasteiger partial charge in [0.05, 0.1) is 5.52 Å². The zero-order chi connectivity index (χ0) is 11.5. The Kier molecular flexibility index (Phi) is 3.15. The topological polar surface area (TPSA) is 51.2 Å². The van der Waals surface area contributed by atoms with Gasteiger partial charge in [0.25, 0.3) is 0 Å². The minimum absolute atomic E-state index is 0.359. The van der Waals surface area contributed by atoms with Crippen LogP contribution in [0.2, 0.25) is 0 Å². The van der Waals surface area contributed by atoms with Gasteiger partial charge in [-0.05, 0) is 44.0 Å². The Morgan fingerprint density at radius 2 is 2.12 bits per heavy atom. The summed E-state index contributed by atoms with van der Waals surface area (Å²) in [5.41, 5.74) is 7.82. The molecule has 0 spiro atoms. The van der Waals surface area contributed by atoms with E-state index in [0.29, 0.717) is 5.75 Å². The molecule has 0 saturated carbocycles. The van der Waals surface area contributed by atoms with E-state index < -0.39 is 0 Å². The van der Waals surface area contributed by atoms with Crippen LogP contribution in [0.5, 0.6) is 5.75 Å². The summed E-state index contributed by atoms with van der Waals surface area (Å²) in [5.74, 6) is 0.359. The van der Waals surface area contributed by atoms with E-state index in [0.717, 1.165) is 36.7 Å². The SMILES string of the molecule is Cn1c(CCCCN)cc2c(O)cccc21. The highest BCUT2D eigenvalue weighted by Crippen LogP contribution is 2.27. The average Bonchev–Trinajstić information content (AvgIpc) is 2.59. The zero-order valence-electron chi connectivity index (χ0n) is 9.61. The van der Waals surface area contributed by atoms with Gasteiger partial charge in [0.15, 0.2) is 0 Å². The number of hydrogen-bond acceptors (Lipinski definition) is 2. The van der Waals surface area contributed by atoms with Gasteiger partial charge >= 0.3 is 0 Å². The molecular weight excluding hydrogens is 200 g/mol. The highest BCUT2D eigenvalue weighted by atomic mass is 16.3. The summed E-state index contributed by atoms with van der Waals surface area (Å²) in [5, 5.41) is 10.7. The van der Waals surface area contributed by atoms with Gasteiger partial charge in [-0.15, -0.1) is 0 Å². The van der Waals surface area contributed by atoms with Crippen molar-refractivity contribution >= 4 is 10.9 Å². The van der Waals surface area contributed by atoms with E-state index >= 15 is 0 Å². The number of nitrogens with two attached hydrogens (primary N) is 1. The van der Waals surface area contributed by atoms with Crippen molar-refractivity contribution in [3.05, 3.63) is 30.0 Å². The van der Waals surface area contributed by atoms with Crippen LogP contribution in [0.3, 0.4) is 0 Å². The molecule has 16 heavy (non-hydrogen) atoms. The van der Waals surface area contributed by atoms with Gasteiger partial charge in [-0.2, -0.15) is 0 Å². The van der Waals surface area contributed by atoms with Crippen molar-refractivity contribution in [3.8, 4) is 5.75 Å². The summed E-state index contributed by atoms with van der Waals surface area (Å²) in [6.45, 7) is 0.745. The second kappa shape index (κ2) is 4.58. The van der Waals surface area contributed by atoms with Gasteiger partial charge in [-0.3, -0.25) is 0 Å². The first kappa shape index (κ1) is 11.0. The molecule has 0 aliphatic heterocycles. The summed E-state index contributed by atoms with van der Waals surface area (Å²) >= 11 is 0. The molecule has 0 atom stereocenters. The first-order chi connectivity index (χ1) is 7.74. The van der Waals surface area contributed by atoms with E-state index in [2.05, 4.69) is 10.6 Å². The minimum atomic E-state index is 0.359. The fourth-order valence-corrected chi connectivity index (χ4v) is 2.09. The Morgan fingerprint density at radius 3 is 2.81 bits per heavy atom. The molecule has 0 aliphatic carbocycles. The molecule has 86 valence electrons. The fourth-order valence-electron chi connectivity index (χ4n) is 2.09. The third-order valence-electron chi connectivity index (χ3n) is 3.05. The number of fused-ring (bicyclic) bond motifs is 1. The fraction of sp³-hybridized carbons (Fsp3) is 0.385. The molecule has 1 aromatic heterocycles. The summed E-state index contributed by atoms with van der Waals surface area (Å²) in [6, 6.07) is 7.70. The maximum Gasteiger partial charge on any atom is 0.124 e. The molecule has 1 aromatic carbocycles. The summed E-state index contributed by atoms with van der Waals surface area (Å²) in [4.78, 5) is 0. The number of hydrogen-bond donors (Lipinski definition) is 2. The Labute approximate surface area is 95.5 Å². The lowest BCUT2D eigenvalue weighted by Crippen LogP contribution is -2.01. The van der Waals surface area contributed by atoms with Crippen LogP contribution in [0.25, 0.3) is 10.9 Å². The number of aromatic hydroxyl groups is 1. The van der Waals surface area contributed by atoms with Crippen molar-refractivity contribution < 1.29 is 5.11 Å². The maximum atomic E-state index is 9.75. The van der Waals surface area contributed by atoms with Gasteiger partial charge in [-0.1, -0.05) is 6.07 Å². The molecule has 0 bridgehead atoms. The predicted molar refractivity (Wildman–Crippen MR) is 66.6 cm³/mol. The lowest BCUT2D eigenvalue weighted by molar-refractivity contribution is 0.481. The Morgan fingerprint density at radius 1 is 1.31 bits per heavy atom. The average molecular weight is 218 g/mol. The molecule has 0 fully saturated rings. The third-order valence-corrected chi connectivity index (χ3v) is 3.05. The van der Waals surface area contributed by atoms with Crippen LogP contribution in [0.15, 0.2) is 24.3 Å². The highest BCUT2D eigenvalue weighted by molar-refractivity contribution is 5.87. The van der Waals surface area contributed by atoms with Gasteiger partial charge in [0, 0.05) is 18.1 Å². The van der Waals surface area contributed by atoms with Crippen molar-refractivity contribution in [1.82, 2.24) is 4.57 Å². The number of phenols is 1. The van der Waals surface area contributed by atoms with Gasteiger partial charge < -0.3 is 15.4 Å². The van der Waals surface area contributed by atoms with E-state index in [9.17, 15) is 5.11 Å². The van der Waals surface area contributed by atoms with E-state index in [1.165, 1.54) is 5.69 Å². The molecule has 0 amide bonds. The van der Waals surface area contributed by atoms with Gasteiger partial charge in [0.2, 0.25) is 0 Å². The monoisotopic (exact) mass is 218 g/mol. The number of unbranched alkanes of at least 4 members (excludes halogenated alkanes) is 1. The van der Waals surface area contributed by atoms with Crippen LogP contribution < -0.4 is 5.73 Å². The second-order valence-electron chi connectivity index (χ2n) is 4.15. The molecular formula is C13H18N2O. The molecule has 1 heterocycles. The zero-order valence-corrected chi connectivity index (χ0v) is 9.61. The lowest BCUT2D eigenvalue weighted by Gasteiger charge is -2.03. The van der Waals surface area contributed by atoms with Crippen LogP contribution in [0, 0.1) is 0 Å². The van der Waals surface area contributed by atoms with Crippen LogP contribution in [-0.2, 0) is 13.5 Å². The second-order valence-corrected chi connectivity index (χ2v) is 4.15. The Balaban J connectivity index is 2.33. The normalized spacial score (nSPS) is 11.1. The summed E-state index contributed by atoms with van der Waals surface area (Å²) in [7, 11) is 2.04. The molecule has 0 unspecified atom stereocenters. The number of aromatic nitrogens is 1. The summed E-state index contributed by atoms with van der Waals surface area (Å²) in [6.07, 6.45) is 3.16. The smallest absolute Gasteiger partial charge is 0.124 e. The molecule has 0 radical (unpaired) electrons. The number of aryl methyl sites for hydroxylation is 2. The minimum Gasteiger partial charge on any atom is -0.507 e. The molecule has 0 saturated heterocycles. The van der Waals surface area contributed by atoms with Crippen molar-refractivity contribution in [1.29, 1.82) is 0 Å². The lowest BCUT2D eigenvalue weighted by atomic mass is 10.2. The quantitative estimate of drug-likeness (QED) is 0.773. The molecule has 2 aromatic rings. The van der Waals surface area contributed by atoms with Gasteiger partial charge in [0.1, 0.15) is 5.75 Å². The van der Waals surface area contributed by atoms with Gasteiger partial charge in [-0.25, -0.2) is 0 Å². The van der Waals surface area contributed by atoms with Crippen LogP contribution >= 0.6 is 0 Å².